The number of pyridine rings is 1. The Kier molecular flexibility index (Phi) is 3.07. The van der Waals surface area contributed by atoms with E-state index in [-0.39, 0.29) is 0 Å². The van der Waals surface area contributed by atoms with Gasteiger partial charge in [-0.2, -0.15) is 0 Å². The van der Waals surface area contributed by atoms with Crippen LogP contribution >= 0.6 is 23.1 Å². The standard InChI is InChI=1S/C11H13N2S2/c1-8-9(2)15-11(14-3)13(8)10-4-6-12-7-5-10/h4-7H,1-3H3/q+1. The first-order valence-electron chi connectivity index (χ1n) is 4.70. The molecule has 2 aromatic rings. The van der Waals surface area contributed by atoms with Gasteiger partial charge in [0.25, 0.3) is 0 Å². The summed E-state index contributed by atoms with van der Waals surface area (Å²) in [6.07, 6.45) is 5.78. The maximum absolute atomic E-state index is 4.05. The average molecular weight is 237 g/mol. The number of nitrogens with zero attached hydrogens (tertiary/aromatic N) is 2. The molecule has 0 N–H and O–H groups in total. The van der Waals surface area contributed by atoms with E-state index in [1.807, 2.05) is 35.9 Å². The van der Waals surface area contributed by atoms with Gasteiger partial charge in [0.05, 0.1) is 4.88 Å². The molecule has 2 aromatic heterocycles. The first-order valence-corrected chi connectivity index (χ1v) is 6.74. The van der Waals surface area contributed by atoms with Crippen molar-refractivity contribution in [2.45, 2.75) is 18.2 Å². The lowest BCUT2D eigenvalue weighted by atomic mass is 10.3. The highest BCUT2D eigenvalue weighted by molar-refractivity contribution is 8.00. The molecule has 15 heavy (non-hydrogen) atoms. The Labute approximate surface area is 98.0 Å². The number of rotatable bonds is 2. The van der Waals surface area contributed by atoms with Crippen LogP contribution in [-0.2, 0) is 0 Å². The minimum atomic E-state index is 1.19. The van der Waals surface area contributed by atoms with E-state index >= 15 is 0 Å². The molecule has 0 aliphatic carbocycles. The minimum Gasteiger partial charge on any atom is -0.264 e. The van der Waals surface area contributed by atoms with Gasteiger partial charge in [-0.1, -0.05) is 11.3 Å². The van der Waals surface area contributed by atoms with Crippen LogP contribution in [0, 0.1) is 13.8 Å². The molecule has 0 aliphatic heterocycles. The zero-order chi connectivity index (χ0) is 10.8. The topological polar surface area (TPSA) is 16.8 Å². The van der Waals surface area contributed by atoms with E-state index in [9.17, 15) is 0 Å². The van der Waals surface area contributed by atoms with Crippen molar-refractivity contribution in [3.63, 3.8) is 0 Å². The van der Waals surface area contributed by atoms with Gasteiger partial charge in [-0.3, -0.25) is 4.98 Å². The molecule has 0 spiro atoms. The largest absolute Gasteiger partial charge is 0.303 e. The third-order valence-corrected chi connectivity index (χ3v) is 4.60. The molecule has 0 atom stereocenters. The van der Waals surface area contributed by atoms with Crippen LogP contribution < -0.4 is 4.57 Å². The maximum Gasteiger partial charge on any atom is 0.303 e. The molecule has 4 heteroatoms. The summed E-state index contributed by atoms with van der Waals surface area (Å²) in [5.74, 6) is 0. The smallest absolute Gasteiger partial charge is 0.264 e. The highest BCUT2D eigenvalue weighted by Gasteiger charge is 2.22. The number of aromatic nitrogens is 2. The highest BCUT2D eigenvalue weighted by atomic mass is 32.2. The van der Waals surface area contributed by atoms with Crippen molar-refractivity contribution in [2.24, 2.45) is 0 Å². The Morgan fingerprint density at radius 2 is 1.93 bits per heavy atom. The summed E-state index contributed by atoms with van der Waals surface area (Å²) in [5.41, 5.74) is 2.51. The fraction of sp³-hybridized carbons (Fsp3) is 0.273. The lowest BCUT2D eigenvalue weighted by Gasteiger charge is -1.95. The number of hydrogen-bond acceptors (Lipinski definition) is 3. The van der Waals surface area contributed by atoms with E-state index < -0.39 is 0 Å². The van der Waals surface area contributed by atoms with E-state index in [4.69, 9.17) is 0 Å². The highest BCUT2D eigenvalue weighted by Crippen LogP contribution is 2.24. The first-order chi connectivity index (χ1) is 7.24. The maximum atomic E-state index is 4.05. The molecule has 0 fully saturated rings. The zero-order valence-corrected chi connectivity index (χ0v) is 10.7. The Morgan fingerprint density at radius 1 is 1.27 bits per heavy atom. The second kappa shape index (κ2) is 4.33. The van der Waals surface area contributed by atoms with E-state index in [1.54, 1.807) is 11.8 Å². The minimum absolute atomic E-state index is 1.19. The third kappa shape index (κ3) is 1.92. The van der Waals surface area contributed by atoms with Crippen LogP contribution in [0.25, 0.3) is 5.69 Å². The molecule has 2 nitrogen and oxygen atoms in total. The van der Waals surface area contributed by atoms with Crippen molar-refractivity contribution in [1.29, 1.82) is 0 Å². The second-order valence-corrected chi connectivity index (χ2v) is 5.51. The van der Waals surface area contributed by atoms with Gasteiger partial charge in [-0.15, -0.1) is 4.57 Å². The quantitative estimate of drug-likeness (QED) is 0.590. The van der Waals surface area contributed by atoms with Crippen LogP contribution in [0.3, 0.4) is 0 Å². The molecule has 2 rings (SSSR count). The fourth-order valence-electron chi connectivity index (χ4n) is 1.47. The summed E-state index contributed by atoms with van der Waals surface area (Å²) in [7, 11) is 0. The van der Waals surface area contributed by atoms with Crippen molar-refractivity contribution >= 4 is 23.1 Å². The molecule has 78 valence electrons. The van der Waals surface area contributed by atoms with Gasteiger partial charge in [0.2, 0.25) is 5.69 Å². The van der Waals surface area contributed by atoms with Crippen LogP contribution in [0.2, 0.25) is 0 Å². The monoisotopic (exact) mass is 237 g/mol. The van der Waals surface area contributed by atoms with Gasteiger partial charge in [-0.05, 0) is 24.9 Å². The van der Waals surface area contributed by atoms with Gasteiger partial charge in [0.1, 0.15) is 0 Å². The van der Waals surface area contributed by atoms with Crippen LogP contribution in [0.1, 0.15) is 10.6 Å². The van der Waals surface area contributed by atoms with Gasteiger partial charge >= 0.3 is 4.34 Å². The molecule has 0 saturated heterocycles. The number of aryl methyl sites for hydroxylation is 1. The van der Waals surface area contributed by atoms with E-state index in [0.29, 0.717) is 0 Å². The summed E-state index contributed by atoms with van der Waals surface area (Å²) in [4.78, 5) is 5.42. The van der Waals surface area contributed by atoms with Gasteiger partial charge < -0.3 is 0 Å². The van der Waals surface area contributed by atoms with E-state index in [0.717, 1.165) is 0 Å². The average Bonchev–Trinajstić information content (AvgIpc) is 2.56. The predicted octanol–water partition coefficient (Wildman–Crippen LogP) is 2.76. The zero-order valence-electron chi connectivity index (χ0n) is 9.02. The SMILES string of the molecule is CSc1sc(C)c(C)[n+]1-c1ccncc1. The van der Waals surface area contributed by atoms with Crippen LogP contribution in [0.4, 0.5) is 0 Å². The molecule has 0 saturated carbocycles. The molecule has 0 amide bonds. The fourth-order valence-corrected chi connectivity index (χ4v) is 3.44. The first kappa shape index (κ1) is 10.6. The number of hydrogen-bond donors (Lipinski definition) is 0. The normalized spacial score (nSPS) is 10.6. The number of thiazole rings is 1. The van der Waals surface area contributed by atoms with Gasteiger partial charge in [-0.25, -0.2) is 0 Å². The van der Waals surface area contributed by atoms with Crippen molar-refractivity contribution in [3.8, 4) is 5.69 Å². The molecule has 0 bridgehead atoms. The number of thioether (sulfide) groups is 1. The summed E-state index contributed by atoms with van der Waals surface area (Å²) in [5, 5.41) is 0. The van der Waals surface area contributed by atoms with Crippen molar-refractivity contribution in [3.05, 3.63) is 35.1 Å². The van der Waals surface area contributed by atoms with Crippen LogP contribution in [-0.4, -0.2) is 11.2 Å². The van der Waals surface area contributed by atoms with Gasteiger partial charge in [0, 0.05) is 31.5 Å². The summed E-state index contributed by atoms with van der Waals surface area (Å²) in [6, 6.07) is 4.08. The molecule has 0 radical (unpaired) electrons. The third-order valence-electron chi connectivity index (χ3n) is 2.36. The summed E-state index contributed by atoms with van der Waals surface area (Å²) in [6.45, 7) is 4.32. The molecule has 0 unspecified atom stereocenters. The Hall–Kier alpha value is -0.870. The second-order valence-electron chi connectivity index (χ2n) is 3.25. The lowest BCUT2D eigenvalue weighted by molar-refractivity contribution is -0.635. The molecule has 0 aromatic carbocycles. The van der Waals surface area contributed by atoms with Gasteiger partial charge in [0.15, 0.2) is 5.69 Å². The molecular weight excluding hydrogens is 224 g/mol. The van der Waals surface area contributed by atoms with E-state index in [2.05, 4.69) is 29.7 Å². The Bertz CT molecular complexity index is 463. The summed E-state index contributed by atoms with van der Waals surface area (Å²) >= 11 is 3.63. The van der Waals surface area contributed by atoms with Crippen LogP contribution in [0.15, 0.2) is 28.9 Å². The lowest BCUT2D eigenvalue weighted by Crippen LogP contribution is -2.33. The Morgan fingerprint density at radius 3 is 2.53 bits per heavy atom. The van der Waals surface area contributed by atoms with Crippen molar-refractivity contribution < 1.29 is 4.57 Å². The predicted molar refractivity (Wildman–Crippen MR) is 64.9 cm³/mol. The summed E-state index contributed by atoms with van der Waals surface area (Å²) < 4.78 is 3.60. The van der Waals surface area contributed by atoms with E-state index in [1.165, 1.54) is 20.6 Å². The molecule has 2 heterocycles. The van der Waals surface area contributed by atoms with Crippen LogP contribution in [0.5, 0.6) is 0 Å². The Balaban J connectivity index is 2.61. The van der Waals surface area contributed by atoms with Crippen molar-refractivity contribution in [2.75, 3.05) is 6.26 Å². The van der Waals surface area contributed by atoms with Crippen molar-refractivity contribution in [1.82, 2.24) is 4.98 Å². The molecule has 0 aliphatic rings. The molecular formula is C11H13N2S2+.